The molecule has 0 aliphatic rings. The smallest absolute Gasteiger partial charge is 0.224 e. The summed E-state index contributed by atoms with van der Waals surface area (Å²) in [4.78, 5) is 27.3. The number of aromatic nitrogens is 3. The number of amides is 2. The van der Waals surface area contributed by atoms with Crippen LogP contribution >= 0.6 is 11.6 Å². The van der Waals surface area contributed by atoms with Gasteiger partial charge in [-0.05, 0) is 38.5 Å². The van der Waals surface area contributed by atoms with Gasteiger partial charge in [0.25, 0.3) is 0 Å². The monoisotopic (exact) mass is 349 g/mol. The average molecular weight is 350 g/mol. The highest BCUT2D eigenvalue weighted by Crippen LogP contribution is 2.23. The normalized spacial score (nSPS) is 10.7. The standard InChI is InChI=1S/C16H20ClN5O2/c1-11(2)20-15(23)4-3-5-16(24)21-12-6-7-14(13(17)8-12)22-10-18-9-19-22/h6-11H,3-5H2,1-2H3,(H,20,23)(H,21,24). The van der Waals surface area contributed by atoms with Crippen molar-refractivity contribution < 1.29 is 9.59 Å². The largest absolute Gasteiger partial charge is 0.354 e. The van der Waals surface area contributed by atoms with Gasteiger partial charge >= 0.3 is 0 Å². The van der Waals surface area contributed by atoms with Crippen molar-refractivity contribution >= 4 is 29.1 Å². The van der Waals surface area contributed by atoms with Crippen LogP contribution in [0.3, 0.4) is 0 Å². The Balaban J connectivity index is 1.84. The highest BCUT2D eigenvalue weighted by molar-refractivity contribution is 6.32. The molecule has 2 aromatic rings. The van der Waals surface area contributed by atoms with Crippen molar-refractivity contribution in [1.82, 2.24) is 20.1 Å². The van der Waals surface area contributed by atoms with Gasteiger partial charge in [0.15, 0.2) is 0 Å². The van der Waals surface area contributed by atoms with E-state index in [1.165, 1.54) is 6.33 Å². The Kier molecular flexibility index (Phi) is 6.31. The molecule has 7 nitrogen and oxygen atoms in total. The molecule has 0 atom stereocenters. The first-order chi connectivity index (χ1) is 11.5. The maximum Gasteiger partial charge on any atom is 0.224 e. The lowest BCUT2D eigenvalue weighted by atomic mass is 10.2. The van der Waals surface area contributed by atoms with Crippen molar-refractivity contribution in [3.05, 3.63) is 35.9 Å². The predicted octanol–water partition coefficient (Wildman–Crippen LogP) is 2.55. The van der Waals surface area contributed by atoms with E-state index in [0.717, 1.165) is 0 Å². The number of nitrogens with one attached hydrogen (secondary N) is 2. The van der Waals surface area contributed by atoms with Crippen LogP contribution in [0.25, 0.3) is 5.69 Å². The molecular weight excluding hydrogens is 330 g/mol. The molecule has 8 heteroatoms. The van der Waals surface area contributed by atoms with Crippen molar-refractivity contribution in [2.24, 2.45) is 0 Å². The first kappa shape index (κ1) is 17.9. The van der Waals surface area contributed by atoms with Gasteiger partial charge in [-0.3, -0.25) is 9.59 Å². The summed E-state index contributed by atoms with van der Waals surface area (Å²) < 4.78 is 1.54. The van der Waals surface area contributed by atoms with E-state index in [-0.39, 0.29) is 24.3 Å². The van der Waals surface area contributed by atoms with E-state index in [0.29, 0.717) is 29.2 Å². The molecule has 0 fully saturated rings. The second kappa shape index (κ2) is 8.44. The van der Waals surface area contributed by atoms with Gasteiger partial charge in [-0.25, -0.2) is 9.67 Å². The average Bonchev–Trinajstić information content (AvgIpc) is 3.00. The summed E-state index contributed by atoms with van der Waals surface area (Å²) in [6, 6.07) is 5.26. The molecule has 128 valence electrons. The van der Waals surface area contributed by atoms with E-state index in [1.54, 1.807) is 29.2 Å². The molecule has 2 rings (SSSR count). The molecule has 0 bridgehead atoms. The number of anilines is 1. The van der Waals surface area contributed by atoms with Crippen molar-refractivity contribution in [1.29, 1.82) is 0 Å². The minimum absolute atomic E-state index is 0.0435. The number of rotatable bonds is 7. The molecule has 0 spiro atoms. The summed E-state index contributed by atoms with van der Waals surface area (Å²) >= 11 is 6.21. The fraction of sp³-hybridized carbons (Fsp3) is 0.375. The van der Waals surface area contributed by atoms with Crippen molar-refractivity contribution in [2.75, 3.05) is 5.32 Å². The Hall–Kier alpha value is -2.41. The Morgan fingerprint density at radius 2 is 2.00 bits per heavy atom. The summed E-state index contributed by atoms with van der Waals surface area (Å²) in [5.41, 5.74) is 1.28. The molecule has 1 aromatic carbocycles. The maximum absolute atomic E-state index is 11.9. The molecule has 1 heterocycles. The Morgan fingerprint density at radius 3 is 2.62 bits per heavy atom. The number of halogens is 1. The fourth-order valence-electron chi connectivity index (χ4n) is 2.13. The lowest BCUT2D eigenvalue weighted by molar-refractivity contribution is -0.121. The first-order valence-corrected chi connectivity index (χ1v) is 8.07. The topological polar surface area (TPSA) is 88.9 Å². The zero-order valence-corrected chi connectivity index (χ0v) is 14.4. The Labute approximate surface area is 145 Å². The minimum Gasteiger partial charge on any atom is -0.354 e. The number of carbonyl (C=O) groups excluding carboxylic acids is 2. The van der Waals surface area contributed by atoms with E-state index in [1.807, 2.05) is 13.8 Å². The van der Waals surface area contributed by atoms with Crippen LogP contribution in [-0.2, 0) is 9.59 Å². The second-order valence-corrected chi connectivity index (χ2v) is 6.04. The van der Waals surface area contributed by atoms with E-state index in [2.05, 4.69) is 20.7 Å². The molecule has 0 aliphatic carbocycles. The zero-order chi connectivity index (χ0) is 17.5. The van der Waals surface area contributed by atoms with Crippen molar-refractivity contribution in [2.45, 2.75) is 39.2 Å². The molecule has 0 saturated carbocycles. The Bertz CT molecular complexity index is 700. The molecule has 0 unspecified atom stereocenters. The highest BCUT2D eigenvalue weighted by Gasteiger charge is 2.09. The second-order valence-electron chi connectivity index (χ2n) is 5.63. The van der Waals surface area contributed by atoms with E-state index in [9.17, 15) is 9.59 Å². The van der Waals surface area contributed by atoms with Crippen molar-refractivity contribution in [3.63, 3.8) is 0 Å². The fourth-order valence-corrected chi connectivity index (χ4v) is 2.40. The highest BCUT2D eigenvalue weighted by atomic mass is 35.5. The summed E-state index contributed by atoms with van der Waals surface area (Å²) in [5, 5.41) is 10.0. The lowest BCUT2D eigenvalue weighted by Gasteiger charge is -2.09. The quantitative estimate of drug-likeness (QED) is 0.804. The van der Waals surface area contributed by atoms with E-state index < -0.39 is 0 Å². The molecule has 1 aromatic heterocycles. The maximum atomic E-state index is 11.9. The molecular formula is C16H20ClN5O2. The molecule has 0 aliphatic heterocycles. The van der Waals surface area contributed by atoms with E-state index >= 15 is 0 Å². The van der Waals surface area contributed by atoms with Crippen molar-refractivity contribution in [3.8, 4) is 5.69 Å². The Morgan fingerprint density at radius 1 is 1.25 bits per heavy atom. The third kappa shape index (κ3) is 5.34. The molecule has 2 amide bonds. The van der Waals surface area contributed by atoms with Crippen LogP contribution in [0.5, 0.6) is 0 Å². The van der Waals surface area contributed by atoms with Gasteiger partial charge in [0.1, 0.15) is 12.7 Å². The van der Waals surface area contributed by atoms with Crippen LogP contribution in [0, 0.1) is 0 Å². The predicted molar refractivity (Wildman–Crippen MR) is 92.1 cm³/mol. The number of hydrogen-bond acceptors (Lipinski definition) is 4. The van der Waals surface area contributed by atoms with Gasteiger partial charge in [-0.1, -0.05) is 11.6 Å². The van der Waals surface area contributed by atoms with Gasteiger partial charge in [0, 0.05) is 24.6 Å². The summed E-state index contributed by atoms with van der Waals surface area (Å²) in [7, 11) is 0. The number of benzene rings is 1. The zero-order valence-electron chi connectivity index (χ0n) is 13.6. The molecule has 2 N–H and O–H groups in total. The number of nitrogens with zero attached hydrogens (tertiary/aromatic N) is 3. The van der Waals surface area contributed by atoms with Gasteiger partial charge in [-0.2, -0.15) is 5.10 Å². The lowest BCUT2D eigenvalue weighted by Crippen LogP contribution is -2.30. The van der Waals surface area contributed by atoms with Gasteiger partial charge in [0.2, 0.25) is 11.8 Å². The summed E-state index contributed by atoms with van der Waals surface area (Å²) in [6.45, 7) is 3.80. The van der Waals surface area contributed by atoms with Crippen LogP contribution in [0.4, 0.5) is 5.69 Å². The third-order valence-electron chi connectivity index (χ3n) is 3.15. The van der Waals surface area contributed by atoms with Crippen LogP contribution in [0.2, 0.25) is 5.02 Å². The first-order valence-electron chi connectivity index (χ1n) is 7.69. The van der Waals surface area contributed by atoms with Gasteiger partial charge in [-0.15, -0.1) is 0 Å². The minimum atomic E-state index is -0.156. The van der Waals surface area contributed by atoms with Crippen LogP contribution < -0.4 is 10.6 Å². The SMILES string of the molecule is CC(C)NC(=O)CCCC(=O)Nc1ccc(-n2cncn2)c(Cl)c1. The molecule has 24 heavy (non-hydrogen) atoms. The van der Waals surface area contributed by atoms with Crippen LogP contribution in [0.15, 0.2) is 30.9 Å². The third-order valence-corrected chi connectivity index (χ3v) is 3.46. The van der Waals surface area contributed by atoms with Gasteiger partial charge in [0.05, 0.1) is 10.7 Å². The number of hydrogen-bond donors (Lipinski definition) is 2. The molecule has 0 radical (unpaired) electrons. The number of carbonyl (C=O) groups is 2. The molecule has 0 saturated heterocycles. The van der Waals surface area contributed by atoms with Crippen LogP contribution in [0.1, 0.15) is 33.1 Å². The van der Waals surface area contributed by atoms with Crippen LogP contribution in [-0.4, -0.2) is 32.6 Å². The summed E-state index contributed by atoms with van der Waals surface area (Å²) in [5.74, 6) is -0.199. The van der Waals surface area contributed by atoms with E-state index in [4.69, 9.17) is 11.6 Å². The summed E-state index contributed by atoms with van der Waals surface area (Å²) in [6.07, 6.45) is 4.06. The van der Waals surface area contributed by atoms with Gasteiger partial charge < -0.3 is 10.6 Å².